The Morgan fingerprint density at radius 1 is 1.15 bits per heavy atom. The molecule has 4 N–H and O–H groups in total. The zero-order valence-corrected chi connectivity index (χ0v) is 19.7. The summed E-state index contributed by atoms with van der Waals surface area (Å²) in [6, 6.07) is 5.35. The molecule has 1 aliphatic rings. The normalized spacial score (nSPS) is 17.7. The van der Waals surface area contributed by atoms with Gasteiger partial charge >= 0.3 is 0 Å². The van der Waals surface area contributed by atoms with Crippen molar-refractivity contribution in [3.63, 3.8) is 0 Å². The Kier molecular flexibility index (Phi) is 8.06. The third-order valence-corrected chi connectivity index (χ3v) is 5.78. The highest BCUT2D eigenvalue weighted by Gasteiger charge is 2.27. The quantitative estimate of drug-likeness (QED) is 0.487. The number of halogens is 1. The summed E-state index contributed by atoms with van der Waals surface area (Å²) in [5, 5.41) is 21.4. The maximum atomic E-state index is 13.0. The Balaban J connectivity index is 1.73. The highest BCUT2D eigenvalue weighted by atomic mass is 35.5. The molecule has 1 aliphatic carbocycles. The standard InChI is InChI=1S/C23H28ClN7O2/c1-13(2)29-19-9-20(31-21-18(24)8-14(10-25)11-28-21)27-12-17(19)23(33)30-16-6-4-15(5-7-16)22(32)26-3/h8-9,11-13,15-16H,4-7H2,1-3H3,(H,26,32)(H,30,33)(H2,27,28,29,31). The zero-order valence-electron chi connectivity index (χ0n) is 18.9. The zero-order chi connectivity index (χ0) is 24.0. The van der Waals surface area contributed by atoms with Gasteiger partial charge in [-0.2, -0.15) is 5.26 Å². The third kappa shape index (κ3) is 6.33. The largest absolute Gasteiger partial charge is 0.382 e. The summed E-state index contributed by atoms with van der Waals surface area (Å²) in [6.45, 7) is 3.96. The van der Waals surface area contributed by atoms with E-state index in [9.17, 15) is 9.59 Å². The number of rotatable bonds is 7. The van der Waals surface area contributed by atoms with E-state index in [1.165, 1.54) is 18.5 Å². The Morgan fingerprint density at radius 3 is 2.48 bits per heavy atom. The van der Waals surface area contributed by atoms with E-state index in [1.807, 2.05) is 19.9 Å². The summed E-state index contributed by atoms with van der Waals surface area (Å²) >= 11 is 6.20. The Morgan fingerprint density at radius 2 is 1.88 bits per heavy atom. The summed E-state index contributed by atoms with van der Waals surface area (Å²) in [6.07, 6.45) is 5.94. The number of amides is 2. The van der Waals surface area contributed by atoms with Crippen molar-refractivity contribution in [1.29, 1.82) is 5.26 Å². The van der Waals surface area contributed by atoms with Crippen molar-refractivity contribution < 1.29 is 9.59 Å². The fourth-order valence-corrected chi connectivity index (χ4v) is 4.03. The van der Waals surface area contributed by atoms with Crippen LogP contribution in [0.4, 0.5) is 17.3 Å². The van der Waals surface area contributed by atoms with E-state index in [4.69, 9.17) is 16.9 Å². The van der Waals surface area contributed by atoms with Crippen molar-refractivity contribution in [1.82, 2.24) is 20.6 Å². The minimum absolute atomic E-state index is 0.0102. The second-order valence-electron chi connectivity index (χ2n) is 8.34. The van der Waals surface area contributed by atoms with Gasteiger partial charge in [0.2, 0.25) is 5.91 Å². The number of carbonyl (C=O) groups excluding carboxylic acids is 2. The summed E-state index contributed by atoms with van der Waals surface area (Å²) in [5.41, 5.74) is 1.42. The number of pyridine rings is 2. The maximum absolute atomic E-state index is 13.0. The lowest BCUT2D eigenvalue weighted by Crippen LogP contribution is -2.40. The lowest BCUT2D eigenvalue weighted by Gasteiger charge is -2.28. The van der Waals surface area contributed by atoms with Gasteiger partial charge in [-0.3, -0.25) is 9.59 Å². The monoisotopic (exact) mass is 469 g/mol. The maximum Gasteiger partial charge on any atom is 0.255 e. The van der Waals surface area contributed by atoms with Crippen LogP contribution in [0.1, 0.15) is 55.5 Å². The van der Waals surface area contributed by atoms with Crippen molar-refractivity contribution in [3.8, 4) is 6.07 Å². The predicted octanol–water partition coefficient (Wildman–Crippen LogP) is 3.60. The lowest BCUT2D eigenvalue weighted by atomic mass is 9.85. The van der Waals surface area contributed by atoms with Crippen LogP contribution in [0.3, 0.4) is 0 Å². The van der Waals surface area contributed by atoms with Gasteiger partial charge in [0.25, 0.3) is 5.91 Å². The molecule has 0 unspecified atom stereocenters. The topological polar surface area (TPSA) is 132 Å². The molecular weight excluding hydrogens is 442 g/mol. The Labute approximate surface area is 198 Å². The van der Waals surface area contributed by atoms with Gasteiger partial charge in [-0.05, 0) is 45.6 Å². The van der Waals surface area contributed by atoms with Crippen LogP contribution in [0.25, 0.3) is 0 Å². The molecule has 2 aromatic rings. The predicted molar refractivity (Wildman–Crippen MR) is 128 cm³/mol. The average Bonchev–Trinajstić information content (AvgIpc) is 2.80. The molecule has 2 heterocycles. The van der Waals surface area contributed by atoms with Crippen LogP contribution in [0.5, 0.6) is 0 Å². The average molecular weight is 470 g/mol. The van der Waals surface area contributed by atoms with Crippen LogP contribution >= 0.6 is 11.6 Å². The van der Waals surface area contributed by atoms with Gasteiger partial charge in [0.15, 0.2) is 0 Å². The summed E-state index contributed by atoms with van der Waals surface area (Å²) in [7, 11) is 1.65. The molecule has 1 saturated carbocycles. The molecular formula is C23H28ClN7O2. The van der Waals surface area contributed by atoms with Gasteiger partial charge in [-0.1, -0.05) is 11.6 Å². The number of nitrogens with one attached hydrogen (secondary N) is 4. The van der Waals surface area contributed by atoms with Crippen molar-refractivity contribution in [3.05, 3.63) is 40.7 Å². The molecule has 0 atom stereocenters. The number of anilines is 3. The molecule has 9 nitrogen and oxygen atoms in total. The van der Waals surface area contributed by atoms with Gasteiger partial charge in [-0.15, -0.1) is 0 Å². The molecule has 10 heteroatoms. The van der Waals surface area contributed by atoms with Crippen molar-refractivity contribution in [2.24, 2.45) is 5.92 Å². The number of nitriles is 1. The van der Waals surface area contributed by atoms with Crippen molar-refractivity contribution in [2.45, 2.75) is 51.6 Å². The van der Waals surface area contributed by atoms with E-state index in [-0.39, 0.29) is 29.8 Å². The smallest absolute Gasteiger partial charge is 0.255 e. The molecule has 1 fully saturated rings. The van der Waals surface area contributed by atoms with Crippen LogP contribution in [0, 0.1) is 17.2 Å². The summed E-state index contributed by atoms with van der Waals surface area (Å²) < 4.78 is 0. The first-order valence-electron chi connectivity index (χ1n) is 10.9. The van der Waals surface area contributed by atoms with E-state index in [0.717, 1.165) is 25.7 Å². The molecule has 0 radical (unpaired) electrons. The van der Waals surface area contributed by atoms with E-state index in [2.05, 4.69) is 31.2 Å². The fraction of sp³-hybridized carbons (Fsp3) is 0.435. The molecule has 2 aromatic heterocycles. The Bertz CT molecular complexity index is 1060. The van der Waals surface area contributed by atoms with E-state index < -0.39 is 0 Å². The van der Waals surface area contributed by atoms with Gasteiger partial charge < -0.3 is 21.3 Å². The summed E-state index contributed by atoms with van der Waals surface area (Å²) in [4.78, 5) is 33.4. The number of aromatic nitrogens is 2. The Hall–Kier alpha value is -3.38. The number of nitrogens with zero attached hydrogens (tertiary/aromatic N) is 3. The fourth-order valence-electron chi connectivity index (χ4n) is 3.81. The first-order chi connectivity index (χ1) is 15.8. The molecule has 2 amide bonds. The second kappa shape index (κ2) is 11.0. The van der Waals surface area contributed by atoms with Gasteiger partial charge in [0.1, 0.15) is 17.7 Å². The van der Waals surface area contributed by atoms with Crippen LogP contribution in [0.2, 0.25) is 5.02 Å². The van der Waals surface area contributed by atoms with E-state index in [1.54, 1.807) is 13.1 Å². The van der Waals surface area contributed by atoms with Crippen LogP contribution in [0.15, 0.2) is 24.5 Å². The molecule has 0 aromatic carbocycles. The SMILES string of the molecule is CNC(=O)C1CCC(NC(=O)c2cnc(Nc3ncc(C#N)cc3Cl)cc2NC(C)C)CC1. The number of carbonyl (C=O) groups is 2. The van der Waals surface area contributed by atoms with Gasteiger partial charge in [-0.25, -0.2) is 9.97 Å². The molecule has 33 heavy (non-hydrogen) atoms. The van der Waals surface area contributed by atoms with Crippen LogP contribution in [-0.4, -0.2) is 40.9 Å². The van der Waals surface area contributed by atoms with Gasteiger partial charge in [0.05, 0.1) is 21.8 Å². The van der Waals surface area contributed by atoms with Gasteiger partial charge in [0, 0.05) is 43.5 Å². The van der Waals surface area contributed by atoms with E-state index in [0.29, 0.717) is 33.5 Å². The molecule has 0 aliphatic heterocycles. The molecule has 0 saturated heterocycles. The third-order valence-electron chi connectivity index (χ3n) is 5.49. The van der Waals surface area contributed by atoms with Crippen LogP contribution in [-0.2, 0) is 4.79 Å². The van der Waals surface area contributed by atoms with Crippen molar-refractivity contribution in [2.75, 3.05) is 17.7 Å². The first kappa shape index (κ1) is 24.3. The lowest BCUT2D eigenvalue weighted by molar-refractivity contribution is -0.125. The highest BCUT2D eigenvalue weighted by molar-refractivity contribution is 6.33. The van der Waals surface area contributed by atoms with Crippen LogP contribution < -0.4 is 21.3 Å². The first-order valence-corrected chi connectivity index (χ1v) is 11.3. The number of hydrogen-bond donors (Lipinski definition) is 4. The molecule has 0 spiro atoms. The molecule has 0 bridgehead atoms. The van der Waals surface area contributed by atoms with E-state index >= 15 is 0 Å². The summed E-state index contributed by atoms with van der Waals surface area (Å²) in [5.74, 6) is 0.683. The number of hydrogen-bond acceptors (Lipinski definition) is 7. The highest BCUT2D eigenvalue weighted by Crippen LogP contribution is 2.28. The second-order valence-corrected chi connectivity index (χ2v) is 8.75. The van der Waals surface area contributed by atoms with Crippen molar-refractivity contribution >= 4 is 40.7 Å². The molecule has 3 rings (SSSR count). The minimum atomic E-state index is -0.213. The molecule has 174 valence electrons. The minimum Gasteiger partial charge on any atom is -0.382 e.